The number of carbonyl (C=O) groups excluding carboxylic acids is 1. The molecule has 1 unspecified atom stereocenters. The van der Waals surface area contributed by atoms with Gasteiger partial charge in [-0.05, 0) is 97.3 Å². The minimum atomic E-state index is -0.0286. The van der Waals surface area contributed by atoms with Crippen LogP contribution in [-0.2, 0) is 6.42 Å². The topological polar surface area (TPSA) is 41.1 Å². The zero-order valence-electron chi connectivity index (χ0n) is 19.3. The normalized spacial score (nSPS) is 17.0. The van der Waals surface area contributed by atoms with Gasteiger partial charge in [-0.25, -0.2) is 0 Å². The van der Waals surface area contributed by atoms with Crippen LogP contribution < -0.4 is 10.6 Å². The lowest BCUT2D eigenvalue weighted by Crippen LogP contribution is -2.27. The molecule has 3 rings (SSSR count). The van der Waals surface area contributed by atoms with Crippen LogP contribution in [0.2, 0.25) is 0 Å². The number of nitrogens with one attached hydrogen (secondary N) is 2. The van der Waals surface area contributed by atoms with Gasteiger partial charge in [-0.15, -0.1) is 0 Å². The molecule has 0 aromatic heterocycles. The highest BCUT2D eigenvalue weighted by atomic mass is 16.1. The first-order valence-corrected chi connectivity index (χ1v) is 11.5. The molecule has 0 spiro atoms. The molecule has 0 radical (unpaired) electrons. The number of benzene rings is 2. The minimum absolute atomic E-state index is 0.0286. The van der Waals surface area contributed by atoms with Gasteiger partial charge in [0.1, 0.15) is 0 Å². The van der Waals surface area contributed by atoms with Crippen molar-refractivity contribution in [1.29, 1.82) is 0 Å². The molecule has 2 aromatic rings. The molecular weight excluding hydrogens is 368 g/mol. The van der Waals surface area contributed by atoms with Gasteiger partial charge in [-0.2, -0.15) is 0 Å². The van der Waals surface area contributed by atoms with E-state index in [0.29, 0.717) is 23.7 Å². The molecular formula is C27H38N2O. The van der Waals surface area contributed by atoms with E-state index in [1.807, 2.05) is 12.1 Å². The quantitative estimate of drug-likeness (QED) is 0.643. The standard InChI is InChI=1S/C27H38N2O/c1-18(2)20(4)26(16-21-7-10-23(11-8-21)27(30)28-5)25-17-24(9-6-19(25)3)22-12-14-29-15-13-22/h6-11,17-18,20,22,26,29H,12-16H2,1-5H3,(H,28,30)/t20-,26?/m0/s1. The van der Waals surface area contributed by atoms with Crippen LogP contribution in [0, 0.1) is 18.8 Å². The summed E-state index contributed by atoms with van der Waals surface area (Å²) < 4.78 is 0. The maximum absolute atomic E-state index is 11.9. The van der Waals surface area contributed by atoms with E-state index in [4.69, 9.17) is 0 Å². The average molecular weight is 407 g/mol. The number of piperidine rings is 1. The summed E-state index contributed by atoms with van der Waals surface area (Å²) in [6.07, 6.45) is 3.46. The zero-order chi connectivity index (χ0) is 21.7. The molecule has 3 heteroatoms. The highest BCUT2D eigenvalue weighted by molar-refractivity contribution is 5.93. The fourth-order valence-corrected chi connectivity index (χ4v) is 4.70. The van der Waals surface area contributed by atoms with Crippen LogP contribution >= 0.6 is 0 Å². The Hall–Kier alpha value is -2.13. The third-order valence-electron chi connectivity index (χ3n) is 7.10. The zero-order valence-corrected chi connectivity index (χ0v) is 19.3. The predicted molar refractivity (Wildman–Crippen MR) is 126 cm³/mol. The van der Waals surface area contributed by atoms with Gasteiger partial charge in [0.25, 0.3) is 5.91 Å². The van der Waals surface area contributed by atoms with E-state index >= 15 is 0 Å². The lowest BCUT2D eigenvalue weighted by molar-refractivity contribution is 0.0963. The van der Waals surface area contributed by atoms with E-state index in [9.17, 15) is 4.79 Å². The third-order valence-corrected chi connectivity index (χ3v) is 7.10. The van der Waals surface area contributed by atoms with Gasteiger partial charge in [0.2, 0.25) is 0 Å². The molecule has 2 aromatic carbocycles. The molecule has 2 N–H and O–H groups in total. The Morgan fingerprint density at radius 1 is 1.07 bits per heavy atom. The van der Waals surface area contributed by atoms with E-state index < -0.39 is 0 Å². The van der Waals surface area contributed by atoms with Crippen molar-refractivity contribution in [3.8, 4) is 0 Å². The van der Waals surface area contributed by atoms with E-state index in [1.54, 1.807) is 7.05 Å². The van der Waals surface area contributed by atoms with Crippen LogP contribution in [-0.4, -0.2) is 26.0 Å². The van der Waals surface area contributed by atoms with Crippen molar-refractivity contribution in [3.63, 3.8) is 0 Å². The molecule has 1 amide bonds. The van der Waals surface area contributed by atoms with Crippen LogP contribution in [0.25, 0.3) is 0 Å². The fraction of sp³-hybridized carbons (Fsp3) is 0.519. The number of hydrogen-bond acceptors (Lipinski definition) is 2. The van der Waals surface area contributed by atoms with Crippen LogP contribution in [0.4, 0.5) is 0 Å². The predicted octanol–water partition coefficient (Wildman–Crippen LogP) is 5.44. The highest BCUT2D eigenvalue weighted by Gasteiger charge is 2.25. The molecule has 3 nitrogen and oxygen atoms in total. The van der Waals surface area contributed by atoms with Gasteiger partial charge in [0.15, 0.2) is 0 Å². The maximum Gasteiger partial charge on any atom is 0.251 e. The summed E-state index contributed by atoms with van der Waals surface area (Å²) in [5, 5.41) is 6.19. The average Bonchev–Trinajstić information content (AvgIpc) is 2.78. The van der Waals surface area contributed by atoms with Gasteiger partial charge in [0.05, 0.1) is 0 Å². The first kappa shape index (κ1) is 22.6. The summed E-state index contributed by atoms with van der Waals surface area (Å²) in [6, 6.07) is 15.3. The summed E-state index contributed by atoms with van der Waals surface area (Å²) in [5.41, 5.74) is 6.42. The first-order chi connectivity index (χ1) is 14.4. The third kappa shape index (κ3) is 5.31. The summed E-state index contributed by atoms with van der Waals surface area (Å²) in [4.78, 5) is 11.9. The summed E-state index contributed by atoms with van der Waals surface area (Å²) in [6.45, 7) is 11.6. The number of aryl methyl sites for hydroxylation is 1. The van der Waals surface area contributed by atoms with Crippen molar-refractivity contribution in [2.75, 3.05) is 20.1 Å². The van der Waals surface area contributed by atoms with Crippen molar-refractivity contribution in [3.05, 3.63) is 70.3 Å². The van der Waals surface area contributed by atoms with Gasteiger partial charge in [-0.3, -0.25) is 4.79 Å². The Kier molecular flexibility index (Phi) is 7.71. The van der Waals surface area contributed by atoms with Gasteiger partial charge >= 0.3 is 0 Å². The molecule has 1 saturated heterocycles. The Morgan fingerprint density at radius 2 is 1.73 bits per heavy atom. The van der Waals surface area contributed by atoms with Gasteiger partial charge < -0.3 is 10.6 Å². The fourth-order valence-electron chi connectivity index (χ4n) is 4.70. The van der Waals surface area contributed by atoms with Crippen molar-refractivity contribution in [1.82, 2.24) is 10.6 Å². The molecule has 0 aliphatic carbocycles. The lowest BCUT2D eigenvalue weighted by Gasteiger charge is -2.31. The molecule has 1 heterocycles. The second-order valence-electron chi connectivity index (χ2n) is 9.33. The summed E-state index contributed by atoms with van der Waals surface area (Å²) in [7, 11) is 1.68. The van der Waals surface area contributed by atoms with Crippen LogP contribution in [0.5, 0.6) is 0 Å². The molecule has 0 bridgehead atoms. The van der Waals surface area contributed by atoms with Crippen LogP contribution in [0.3, 0.4) is 0 Å². The summed E-state index contributed by atoms with van der Waals surface area (Å²) in [5.74, 6) is 2.30. The number of hydrogen-bond donors (Lipinski definition) is 2. The molecule has 1 aliphatic heterocycles. The summed E-state index contributed by atoms with van der Waals surface area (Å²) >= 11 is 0. The molecule has 162 valence electrons. The van der Waals surface area contributed by atoms with E-state index in [1.165, 1.54) is 35.1 Å². The van der Waals surface area contributed by atoms with Gasteiger partial charge in [-0.1, -0.05) is 51.1 Å². The van der Waals surface area contributed by atoms with Crippen LogP contribution in [0.15, 0.2) is 42.5 Å². The molecule has 1 fully saturated rings. The molecule has 30 heavy (non-hydrogen) atoms. The second kappa shape index (κ2) is 10.3. The Bertz CT molecular complexity index is 834. The Labute approximate surface area is 182 Å². The number of carbonyl (C=O) groups is 1. The second-order valence-corrected chi connectivity index (χ2v) is 9.33. The highest BCUT2D eigenvalue weighted by Crippen LogP contribution is 2.37. The molecule has 2 atom stereocenters. The number of rotatable bonds is 7. The Balaban J connectivity index is 1.91. The van der Waals surface area contributed by atoms with E-state index in [0.717, 1.165) is 25.1 Å². The maximum atomic E-state index is 11.9. The smallest absolute Gasteiger partial charge is 0.251 e. The van der Waals surface area contributed by atoms with Gasteiger partial charge in [0, 0.05) is 12.6 Å². The van der Waals surface area contributed by atoms with E-state index in [-0.39, 0.29) is 5.91 Å². The SMILES string of the molecule is CNC(=O)c1ccc(CC(c2cc(C3CCNCC3)ccc2C)[C@@H](C)C(C)C)cc1. The monoisotopic (exact) mass is 406 g/mol. The van der Waals surface area contributed by atoms with Crippen LogP contribution in [0.1, 0.15) is 78.1 Å². The van der Waals surface area contributed by atoms with E-state index in [2.05, 4.69) is 68.7 Å². The Morgan fingerprint density at radius 3 is 2.33 bits per heavy atom. The lowest BCUT2D eigenvalue weighted by atomic mass is 9.74. The van der Waals surface area contributed by atoms with Crippen molar-refractivity contribution in [2.24, 2.45) is 11.8 Å². The number of amides is 1. The largest absolute Gasteiger partial charge is 0.355 e. The van der Waals surface area contributed by atoms with Crippen molar-refractivity contribution >= 4 is 5.91 Å². The molecule has 0 saturated carbocycles. The van der Waals surface area contributed by atoms with Crippen molar-refractivity contribution in [2.45, 2.75) is 58.8 Å². The van der Waals surface area contributed by atoms with Crippen molar-refractivity contribution < 1.29 is 4.79 Å². The first-order valence-electron chi connectivity index (χ1n) is 11.5. The minimum Gasteiger partial charge on any atom is -0.355 e. The molecule has 1 aliphatic rings.